The first-order chi connectivity index (χ1) is 66.5. The Morgan fingerprint density at radius 1 is 0.338 bits per heavy atom. The van der Waals surface area contributed by atoms with Crippen molar-refractivity contribution in [3.8, 4) is 35.1 Å². The number of furan rings is 3. The van der Waals surface area contributed by atoms with Crippen LogP contribution in [0.15, 0.2) is 210 Å². The first kappa shape index (κ1) is 99.4. The van der Waals surface area contributed by atoms with Crippen molar-refractivity contribution in [3.63, 3.8) is 0 Å². The van der Waals surface area contributed by atoms with Gasteiger partial charge in [0, 0.05) is 109 Å². The molecule has 0 fully saturated rings. The van der Waals surface area contributed by atoms with Crippen LogP contribution in [0, 0.1) is 0 Å². The van der Waals surface area contributed by atoms with Crippen molar-refractivity contribution in [2.24, 2.45) is 15.0 Å². The molecule has 5 N–H and O–H groups in total. The number of esters is 2. The Balaban J connectivity index is 0.000000128. The number of aryl methyl sites for hydroxylation is 2. The van der Waals surface area contributed by atoms with Gasteiger partial charge in [-0.25, -0.2) is 24.6 Å². The van der Waals surface area contributed by atoms with Crippen LogP contribution < -0.4 is 55.7 Å². The van der Waals surface area contributed by atoms with Crippen molar-refractivity contribution in [2.45, 2.75) is 209 Å². The van der Waals surface area contributed by atoms with Crippen LogP contribution in [0.3, 0.4) is 0 Å². The Morgan fingerprint density at radius 2 is 0.648 bits per heavy atom. The van der Waals surface area contributed by atoms with Crippen molar-refractivity contribution in [2.75, 3.05) is 31.0 Å². The number of benzene rings is 10. The summed E-state index contributed by atoms with van der Waals surface area (Å²) in [4.78, 5) is 128. The minimum atomic E-state index is -0.889. The molecule has 142 heavy (non-hydrogen) atoms. The Kier molecular flexibility index (Phi) is 25.3. The number of carbonyl (C=O) groups is 9. The highest BCUT2D eigenvalue weighted by Gasteiger charge is 2.46. The highest BCUT2D eigenvalue weighted by Crippen LogP contribution is 2.54. The minimum Gasteiger partial charge on any atom is -0.497 e. The van der Waals surface area contributed by atoms with E-state index in [1.165, 1.54) is 4.90 Å². The quantitative estimate of drug-likeness (QED) is 0.0482. The van der Waals surface area contributed by atoms with Gasteiger partial charge < -0.3 is 62.8 Å². The SMILES string of the molecule is CC(C)(C)c1cc(C(C)(C)C)c2oc(O)c(C3=c4ccccc4=NC3=O)c2c1.CC(C)(C)c1cc(CCC(=O)O)cc2c(C3=c4ccccc4=NC3=O)c(O)oc12.CN1C(=O)/C(=C2/C(=O)Oc3c2cc(C(C)(C)C)cc3C(C)(C)C)c2ccccc21.CN1C(=O)/C(=C2/C(=O)Oc3c2cc(CCC(=O)O)cc3C(C)(C)C)c2ccccc21.COc1cc(C(C)(C)C)c2oc(O)c(C3=c4ccccc4=NC3=O)c2c1. The zero-order valence-electron chi connectivity index (χ0n) is 84.2. The van der Waals surface area contributed by atoms with Crippen molar-refractivity contribution < 1.29 is 96.1 Å². The van der Waals surface area contributed by atoms with Crippen LogP contribution in [-0.2, 0) is 93.9 Å². The van der Waals surface area contributed by atoms with Crippen LogP contribution in [0.5, 0.6) is 35.1 Å². The second kappa shape index (κ2) is 36.2. The summed E-state index contributed by atoms with van der Waals surface area (Å²) in [5.74, 6) is -3.57. The molecule has 25 heteroatoms. The molecule has 728 valence electrons. The van der Waals surface area contributed by atoms with Crippen LogP contribution in [-0.4, -0.2) is 100 Å². The molecule has 0 unspecified atom stereocenters. The summed E-state index contributed by atoms with van der Waals surface area (Å²) in [5.41, 5.74) is 16.4. The van der Waals surface area contributed by atoms with E-state index in [0.29, 0.717) is 145 Å². The Labute approximate surface area is 820 Å². The average Bonchev–Trinajstić information content (AvgIpc) is 1.58. The molecule has 0 saturated carbocycles. The number of carboxylic acid groups (broad SMARTS) is 2. The fourth-order valence-corrected chi connectivity index (χ4v) is 18.9. The third kappa shape index (κ3) is 18.3. The average molecular weight is 1910 g/mol. The number of rotatable bonds is 10. The van der Waals surface area contributed by atoms with Gasteiger partial charge in [0.1, 0.15) is 34.0 Å². The molecule has 13 aromatic rings. The third-order valence-electron chi connectivity index (χ3n) is 26.4. The number of carbonyl (C=O) groups excluding carboxylic acids is 7. The summed E-state index contributed by atoms with van der Waals surface area (Å²) in [6.07, 6.45) is 0.631. The lowest BCUT2D eigenvalue weighted by Crippen LogP contribution is -2.22. The standard InChI is InChI=1S/C25H27NO3.C24H23NO5.C24H25NO3.C23H21NO5.C21H19NO4/c1-24(2,3)14-12-16-20(23(28)29-21(16)17(13-14)25(4,5)6)19-15-10-8-9-11-18(15)26(7)22(19)27;1-24(2,3)16-12-13(9-10-18(26)27)11-15-20(23(29)30-21(15)16)19-14-7-5-6-8-17(14)25(4)22(19)28;1-23(2,3)13-11-15-19(18-14-9-7-8-10-17(14)25-21(18)26)22(27)28-20(15)16(12-13)24(4,5)6;1-23(2,3)15-11-12(8-9-17(25)26)10-14-19(22(28)29-20(14)15)18-13-6-4-5-7-16(13)24-21(18)27;1-21(2,3)14-10-11(25-4)9-13-17(20(24)26-18(13)14)16-12-7-5-6-8-15(12)22-19(16)23/h8-13H,1-7H3;5-8,11-12H,9-10H2,1-4H3,(H,26,27);7-12,27H,1-6H3;4-7,10-11,28H,8-9H2,1-3H3,(H,25,26);5-10,24H,1-4H3/b2*20-19+;;;. The molecule has 7 aliphatic rings. The lowest BCUT2D eigenvalue weighted by Gasteiger charge is -2.26. The predicted octanol–water partition coefficient (Wildman–Crippen LogP) is 18.6. The molecule has 20 rings (SSSR count). The van der Waals surface area contributed by atoms with Crippen LogP contribution in [0.1, 0.15) is 247 Å². The van der Waals surface area contributed by atoms with Gasteiger partial charge in [0.05, 0.1) is 90.3 Å². The van der Waals surface area contributed by atoms with Crippen molar-refractivity contribution in [3.05, 3.63) is 303 Å². The molecular formula is C117H115N5O20. The number of hydrogen-bond acceptors (Lipinski definition) is 18. The number of fused-ring (bicyclic) bond motifs is 10. The van der Waals surface area contributed by atoms with E-state index in [1.807, 2.05) is 163 Å². The Morgan fingerprint density at radius 3 is 1.02 bits per heavy atom. The fraction of sp³-hybridized carbons (Fsp3) is 0.299. The molecule has 10 heterocycles. The molecule has 0 radical (unpaired) electrons. The van der Waals surface area contributed by atoms with E-state index in [-0.39, 0.29) is 97.8 Å². The second-order valence-electron chi connectivity index (χ2n) is 43.7. The molecule has 0 aliphatic carbocycles. The number of nitrogens with zero attached hydrogens (tertiary/aromatic N) is 5. The number of methoxy groups -OCH3 is 1. The smallest absolute Gasteiger partial charge is 0.345 e. The first-order valence-electron chi connectivity index (χ1n) is 47.1. The van der Waals surface area contributed by atoms with Gasteiger partial charge in [-0.05, 0) is 140 Å². The van der Waals surface area contributed by atoms with E-state index in [9.17, 15) is 58.5 Å². The van der Waals surface area contributed by atoms with Gasteiger partial charge in [-0.3, -0.25) is 33.6 Å². The van der Waals surface area contributed by atoms with Gasteiger partial charge in [-0.15, -0.1) is 0 Å². The number of hydrogen-bond donors (Lipinski definition) is 5. The minimum absolute atomic E-state index is 0.0120. The number of likely N-dealkylation sites (N-methyl/N-ethyl adjacent to an activating group) is 2. The Bertz CT molecular complexity index is 8150. The van der Waals surface area contributed by atoms with E-state index in [0.717, 1.165) is 83.2 Å². The van der Waals surface area contributed by atoms with E-state index in [1.54, 1.807) is 74.6 Å². The van der Waals surface area contributed by atoms with E-state index in [4.69, 9.17) is 37.7 Å². The molecule has 0 bridgehead atoms. The van der Waals surface area contributed by atoms with Crippen LogP contribution in [0.4, 0.5) is 11.4 Å². The summed E-state index contributed by atoms with van der Waals surface area (Å²) in [6.45, 7) is 43.8. The van der Waals surface area contributed by atoms with Gasteiger partial charge >= 0.3 is 23.9 Å². The van der Waals surface area contributed by atoms with Crippen molar-refractivity contribution >= 4 is 137 Å². The van der Waals surface area contributed by atoms with Crippen LogP contribution in [0.2, 0.25) is 0 Å². The molecule has 0 saturated heterocycles. The normalized spacial score (nSPS) is 15.8. The molecule has 7 aliphatic heterocycles. The second-order valence-corrected chi connectivity index (χ2v) is 43.7. The molecular weight excluding hydrogens is 1800 g/mol. The monoisotopic (exact) mass is 1910 g/mol. The number of para-hydroxylation sites is 5. The number of aromatic hydroxyl groups is 3. The third-order valence-corrected chi connectivity index (χ3v) is 26.4. The highest BCUT2D eigenvalue weighted by atomic mass is 16.5. The van der Waals surface area contributed by atoms with E-state index >= 15 is 0 Å². The first-order valence-corrected chi connectivity index (χ1v) is 47.1. The van der Waals surface area contributed by atoms with Gasteiger partial charge in [0.15, 0.2) is 0 Å². The highest BCUT2D eigenvalue weighted by molar-refractivity contribution is 6.47. The number of ether oxygens (including phenoxy) is 3. The summed E-state index contributed by atoms with van der Waals surface area (Å²) in [5, 5.41) is 56.0. The zero-order valence-corrected chi connectivity index (χ0v) is 84.2. The van der Waals surface area contributed by atoms with Crippen LogP contribution in [0.25, 0.3) is 71.9 Å². The van der Waals surface area contributed by atoms with E-state index in [2.05, 4.69) is 131 Å². The lowest BCUT2D eigenvalue weighted by atomic mass is 9.78. The van der Waals surface area contributed by atoms with Gasteiger partial charge in [-0.2, -0.15) is 0 Å². The summed E-state index contributed by atoms with van der Waals surface area (Å²) in [6, 6.07) is 56.1. The molecule has 5 amide bonds. The Hall–Kier alpha value is -15.7. The van der Waals surface area contributed by atoms with E-state index < -0.39 is 29.8 Å². The van der Waals surface area contributed by atoms with Gasteiger partial charge in [0.2, 0.25) is 0 Å². The summed E-state index contributed by atoms with van der Waals surface area (Å²) >= 11 is 0. The summed E-state index contributed by atoms with van der Waals surface area (Å²) in [7, 11) is 5.01. The van der Waals surface area contributed by atoms with Crippen LogP contribution >= 0.6 is 0 Å². The van der Waals surface area contributed by atoms with Gasteiger partial charge in [-0.1, -0.05) is 261 Å². The van der Waals surface area contributed by atoms with Crippen molar-refractivity contribution in [1.29, 1.82) is 0 Å². The maximum Gasteiger partial charge on any atom is 0.345 e. The molecule has 10 aromatic carbocycles. The van der Waals surface area contributed by atoms with Gasteiger partial charge in [0.25, 0.3) is 47.4 Å². The lowest BCUT2D eigenvalue weighted by molar-refractivity contribution is -0.138. The number of anilines is 2. The number of aliphatic carboxylic acids is 2. The summed E-state index contributed by atoms with van der Waals surface area (Å²) < 4.78 is 34.2. The zero-order chi connectivity index (χ0) is 103. The molecule has 0 atom stereocenters. The largest absolute Gasteiger partial charge is 0.497 e. The predicted molar refractivity (Wildman–Crippen MR) is 545 cm³/mol. The molecule has 0 spiro atoms. The number of carboxylic acids is 2. The van der Waals surface area contributed by atoms with Crippen molar-refractivity contribution in [1.82, 2.24) is 0 Å². The maximum absolute atomic E-state index is 13.1. The topological polar surface area (TPSA) is 365 Å². The molecule has 25 nitrogen and oxygen atoms in total. The molecule has 3 aromatic heterocycles. The number of amides is 5. The maximum atomic E-state index is 13.1. The fourth-order valence-electron chi connectivity index (χ4n) is 18.9.